The van der Waals surface area contributed by atoms with Gasteiger partial charge >= 0.3 is 0 Å². The second kappa shape index (κ2) is 10.2. The number of halogens is 1. The molecule has 2 aromatic rings. The topological polar surface area (TPSA) is 63.5 Å². The lowest BCUT2D eigenvalue weighted by Gasteiger charge is -2.15. The summed E-state index contributed by atoms with van der Waals surface area (Å²) >= 11 is 1.41. The fraction of sp³-hybridized carbons (Fsp3) is 0.318. The summed E-state index contributed by atoms with van der Waals surface area (Å²) in [6.07, 6.45) is 3.24. The number of amides is 1. The van der Waals surface area contributed by atoms with E-state index in [2.05, 4.69) is 10.2 Å². The lowest BCUT2D eigenvalue weighted by atomic mass is 10.2. The van der Waals surface area contributed by atoms with Crippen molar-refractivity contribution in [3.05, 3.63) is 59.4 Å². The molecule has 2 aromatic carbocycles. The number of hydrogen-bond donors (Lipinski definition) is 0. The molecule has 0 saturated carbocycles. The lowest BCUT2D eigenvalue weighted by molar-refractivity contribution is -0.126. The summed E-state index contributed by atoms with van der Waals surface area (Å²) in [6.45, 7) is 2.37. The third-order valence-electron chi connectivity index (χ3n) is 4.61. The third kappa shape index (κ3) is 5.18. The molecular weight excluding hydrogens is 405 g/mol. The number of amidine groups is 1. The number of benzene rings is 2. The van der Waals surface area contributed by atoms with Crippen LogP contribution in [0.2, 0.25) is 0 Å². The molecule has 1 heterocycles. The van der Waals surface area contributed by atoms with Gasteiger partial charge in [0.2, 0.25) is 5.91 Å². The number of carbonyl (C=O) groups excluding carboxylic acids is 1. The standard InChI is InChI=1S/C22H24FN3O3S/c1-4-5-20-21(27)26(14-15-6-9-17(23)10-7-15)22(30-20)25-24-13-16-8-11-18(28-2)12-19(16)29-3/h6-13,20H,4-5,14H2,1-3H3/b24-13-,25-22+/t20-/m1/s1. The largest absolute Gasteiger partial charge is 0.497 e. The lowest BCUT2D eigenvalue weighted by Crippen LogP contribution is -2.31. The van der Waals surface area contributed by atoms with Crippen LogP contribution in [0, 0.1) is 5.82 Å². The molecule has 158 valence electrons. The quantitative estimate of drug-likeness (QED) is 0.459. The zero-order chi connectivity index (χ0) is 21.5. The summed E-state index contributed by atoms with van der Waals surface area (Å²) in [5.74, 6) is 0.986. The Kier molecular flexibility index (Phi) is 7.46. The second-order valence-corrected chi connectivity index (χ2v) is 7.85. The minimum Gasteiger partial charge on any atom is -0.497 e. The van der Waals surface area contributed by atoms with E-state index in [9.17, 15) is 9.18 Å². The van der Waals surface area contributed by atoms with E-state index in [-0.39, 0.29) is 17.0 Å². The summed E-state index contributed by atoms with van der Waals surface area (Å²) in [7, 11) is 3.16. The fourth-order valence-corrected chi connectivity index (χ4v) is 4.23. The van der Waals surface area contributed by atoms with Crippen LogP contribution in [0.5, 0.6) is 11.5 Å². The maximum atomic E-state index is 13.2. The van der Waals surface area contributed by atoms with Gasteiger partial charge in [0.15, 0.2) is 5.17 Å². The highest BCUT2D eigenvalue weighted by Gasteiger charge is 2.37. The van der Waals surface area contributed by atoms with Crippen molar-refractivity contribution in [1.82, 2.24) is 4.90 Å². The van der Waals surface area contributed by atoms with Crippen molar-refractivity contribution >= 4 is 29.1 Å². The van der Waals surface area contributed by atoms with Crippen LogP contribution in [0.4, 0.5) is 4.39 Å². The first kappa shape index (κ1) is 21.8. The molecule has 0 N–H and O–H groups in total. The fourth-order valence-electron chi connectivity index (χ4n) is 3.01. The zero-order valence-corrected chi connectivity index (χ0v) is 18.0. The highest BCUT2D eigenvalue weighted by Crippen LogP contribution is 2.32. The Bertz CT molecular complexity index is 947. The normalized spacial score (nSPS) is 17.9. The summed E-state index contributed by atoms with van der Waals surface area (Å²) < 4.78 is 23.8. The van der Waals surface area contributed by atoms with Crippen LogP contribution in [0.1, 0.15) is 30.9 Å². The molecule has 0 bridgehead atoms. The van der Waals surface area contributed by atoms with Crippen LogP contribution in [0.15, 0.2) is 52.7 Å². The van der Waals surface area contributed by atoms with E-state index in [1.807, 2.05) is 19.1 Å². The molecule has 3 rings (SSSR count). The Morgan fingerprint density at radius 1 is 1.17 bits per heavy atom. The molecule has 1 amide bonds. The van der Waals surface area contributed by atoms with E-state index in [0.717, 1.165) is 24.0 Å². The number of rotatable bonds is 8. The van der Waals surface area contributed by atoms with Gasteiger partial charge in [-0.3, -0.25) is 9.69 Å². The summed E-state index contributed by atoms with van der Waals surface area (Å²) in [5.41, 5.74) is 1.57. The Labute approximate surface area is 179 Å². The molecule has 0 aromatic heterocycles. The molecule has 1 fully saturated rings. The van der Waals surface area contributed by atoms with E-state index in [1.54, 1.807) is 43.5 Å². The van der Waals surface area contributed by atoms with E-state index in [1.165, 1.54) is 23.9 Å². The predicted octanol–water partition coefficient (Wildman–Crippen LogP) is 4.48. The highest BCUT2D eigenvalue weighted by atomic mass is 32.2. The number of methoxy groups -OCH3 is 2. The van der Waals surface area contributed by atoms with Gasteiger partial charge in [0.05, 0.1) is 32.2 Å². The van der Waals surface area contributed by atoms with Gasteiger partial charge in [-0.25, -0.2) is 4.39 Å². The number of ether oxygens (including phenoxy) is 2. The van der Waals surface area contributed by atoms with Gasteiger partial charge in [-0.05, 0) is 36.2 Å². The minimum absolute atomic E-state index is 0.00199. The number of carbonyl (C=O) groups is 1. The molecule has 1 saturated heterocycles. The minimum atomic E-state index is -0.309. The Morgan fingerprint density at radius 2 is 1.93 bits per heavy atom. The molecule has 1 aliphatic rings. The highest BCUT2D eigenvalue weighted by molar-refractivity contribution is 8.15. The van der Waals surface area contributed by atoms with Crippen molar-refractivity contribution < 1.29 is 18.7 Å². The Balaban J connectivity index is 1.83. The molecule has 0 radical (unpaired) electrons. The van der Waals surface area contributed by atoms with E-state index in [4.69, 9.17) is 9.47 Å². The van der Waals surface area contributed by atoms with Crippen molar-refractivity contribution in [2.75, 3.05) is 14.2 Å². The monoisotopic (exact) mass is 429 g/mol. The summed E-state index contributed by atoms with van der Waals surface area (Å²) in [6, 6.07) is 11.5. The van der Waals surface area contributed by atoms with Gasteiger partial charge in [-0.1, -0.05) is 37.2 Å². The van der Waals surface area contributed by atoms with Gasteiger partial charge in [0, 0.05) is 11.6 Å². The van der Waals surface area contributed by atoms with Crippen LogP contribution in [-0.4, -0.2) is 41.7 Å². The van der Waals surface area contributed by atoms with Crippen LogP contribution in [0.25, 0.3) is 0 Å². The van der Waals surface area contributed by atoms with Crippen LogP contribution in [0.3, 0.4) is 0 Å². The van der Waals surface area contributed by atoms with E-state index in [0.29, 0.717) is 23.2 Å². The number of nitrogens with zero attached hydrogens (tertiary/aromatic N) is 3. The van der Waals surface area contributed by atoms with Crippen molar-refractivity contribution in [2.24, 2.45) is 10.2 Å². The average molecular weight is 430 g/mol. The number of thioether (sulfide) groups is 1. The molecule has 30 heavy (non-hydrogen) atoms. The van der Waals surface area contributed by atoms with Crippen molar-refractivity contribution in [1.29, 1.82) is 0 Å². The molecule has 0 aliphatic carbocycles. The van der Waals surface area contributed by atoms with Gasteiger partial charge < -0.3 is 9.47 Å². The molecule has 0 unspecified atom stereocenters. The molecular formula is C22H24FN3O3S. The third-order valence-corrected chi connectivity index (χ3v) is 5.84. The van der Waals surface area contributed by atoms with Gasteiger partial charge in [-0.2, -0.15) is 5.10 Å². The van der Waals surface area contributed by atoms with Crippen LogP contribution >= 0.6 is 11.8 Å². The summed E-state index contributed by atoms with van der Waals surface area (Å²) in [4.78, 5) is 14.5. The molecule has 0 spiro atoms. The summed E-state index contributed by atoms with van der Waals surface area (Å²) in [5, 5.41) is 8.85. The first-order valence-corrected chi connectivity index (χ1v) is 10.5. The van der Waals surface area contributed by atoms with Crippen LogP contribution < -0.4 is 9.47 Å². The second-order valence-electron chi connectivity index (χ2n) is 6.68. The molecule has 1 aliphatic heterocycles. The molecule has 1 atom stereocenters. The maximum Gasteiger partial charge on any atom is 0.242 e. The molecule has 8 heteroatoms. The van der Waals surface area contributed by atoms with Crippen molar-refractivity contribution in [2.45, 2.75) is 31.6 Å². The van der Waals surface area contributed by atoms with Crippen LogP contribution in [-0.2, 0) is 11.3 Å². The van der Waals surface area contributed by atoms with Gasteiger partial charge in [-0.15, -0.1) is 5.10 Å². The first-order valence-electron chi connectivity index (χ1n) is 9.61. The zero-order valence-electron chi connectivity index (χ0n) is 17.2. The smallest absolute Gasteiger partial charge is 0.242 e. The number of hydrogen-bond acceptors (Lipinski definition) is 6. The van der Waals surface area contributed by atoms with Crippen molar-refractivity contribution in [3.8, 4) is 11.5 Å². The van der Waals surface area contributed by atoms with E-state index < -0.39 is 0 Å². The Hall–Kier alpha value is -2.87. The SMILES string of the molecule is CCC[C@H]1S/C(=N/N=C\c2ccc(OC)cc2OC)N(Cc2ccc(F)cc2)C1=O. The van der Waals surface area contributed by atoms with E-state index >= 15 is 0 Å². The predicted molar refractivity (Wildman–Crippen MR) is 118 cm³/mol. The van der Waals surface area contributed by atoms with Crippen molar-refractivity contribution in [3.63, 3.8) is 0 Å². The average Bonchev–Trinajstić information content (AvgIpc) is 3.04. The Morgan fingerprint density at radius 3 is 2.60 bits per heavy atom. The first-order chi connectivity index (χ1) is 14.5. The maximum absolute atomic E-state index is 13.2. The molecule has 6 nitrogen and oxygen atoms in total. The van der Waals surface area contributed by atoms with Gasteiger partial charge in [0.1, 0.15) is 17.3 Å². The van der Waals surface area contributed by atoms with Gasteiger partial charge in [0.25, 0.3) is 0 Å².